The SMILES string of the molecule is CCc1nnc2nc(-c3ccc(C)cc3)[nH]n12. The topological polar surface area (TPSA) is 58.9 Å². The van der Waals surface area contributed by atoms with E-state index in [4.69, 9.17) is 0 Å². The van der Waals surface area contributed by atoms with Crippen molar-refractivity contribution in [2.24, 2.45) is 0 Å². The van der Waals surface area contributed by atoms with Crippen LogP contribution >= 0.6 is 0 Å². The first-order valence-corrected chi connectivity index (χ1v) is 5.65. The maximum Gasteiger partial charge on any atom is 0.272 e. The number of nitrogens with zero attached hydrogens (tertiary/aromatic N) is 4. The van der Waals surface area contributed by atoms with E-state index in [-0.39, 0.29) is 0 Å². The Hall–Kier alpha value is -2.17. The Balaban J connectivity index is 2.11. The third-order valence-electron chi connectivity index (χ3n) is 2.78. The number of aromatic amines is 1. The van der Waals surface area contributed by atoms with Gasteiger partial charge in [0.05, 0.1) is 0 Å². The molecule has 5 nitrogen and oxygen atoms in total. The molecule has 2 heterocycles. The molecule has 3 rings (SSSR count). The van der Waals surface area contributed by atoms with Crippen LogP contribution in [0.5, 0.6) is 0 Å². The first-order valence-electron chi connectivity index (χ1n) is 5.65. The van der Waals surface area contributed by atoms with Crippen LogP contribution in [-0.4, -0.2) is 24.8 Å². The largest absolute Gasteiger partial charge is 0.272 e. The van der Waals surface area contributed by atoms with Gasteiger partial charge in [-0.15, -0.1) is 10.2 Å². The quantitative estimate of drug-likeness (QED) is 0.728. The van der Waals surface area contributed by atoms with E-state index in [0.717, 1.165) is 23.6 Å². The fraction of sp³-hybridized carbons (Fsp3) is 0.250. The van der Waals surface area contributed by atoms with E-state index in [1.165, 1.54) is 5.56 Å². The Morgan fingerprint density at radius 3 is 2.65 bits per heavy atom. The lowest BCUT2D eigenvalue weighted by Gasteiger charge is -1.96. The van der Waals surface area contributed by atoms with Crippen LogP contribution in [-0.2, 0) is 6.42 Å². The highest BCUT2D eigenvalue weighted by molar-refractivity contribution is 5.57. The number of H-pyrrole nitrogens is 1. The minimum absolute atomic E-state index is 0.623. The van der Waals surface area contributed by atoms with Gasteiger partial charge in [0.2, 0.25) is 0 Å². The van der Waals surface area contributed by atoms with Gasteiger partial charge >= 0.3 is 0 Å². The van der Waals surface area contributed by atoms with Gasteiger partial charge in [-0.3, -0.25) is 5.10 Å². The summed E-state index contributed by atoms with van der Waals surface area (Å²) in [7, 11) is 0. The van der Waals surface area contributed by atoms with Crippen LogP contribution in [0, 0.1) is 6.92 Å². The highest BCUT2D eigenvalue weighted by atomic mass is 15.4. The molecule has 0 aliphatic rings. The van der Waals surface area contributed by atoms with E-state index in [2.05, 4.69) is 39.3 Å². The molecule has 0 unspecified atom stereocenters. The molecule has 0 spiro atoms. The van der Waals surface area contributed by atoms with E-state index in [0.29, 0.717) is 5.78 Å². The molecule has 1 N–H and O–H groups in total. The van der Waals surface area contributed by atoms with E-state index in [1.54, 1.807) is 0 Å². The third kappa shape index (κ3) is 1.60. The van der Waals surface area contributed by atoms with Crippen molar-refractivity contribution in [3.63, 3.8) is 0 Å². The molecule has 1 aromatic carbocycles. The molecule has 2 aromatic heterocycles. The lowest BCUT2D eigenvalue weighted by Crippen LogP contribution is -1.93. The molecule has 0 fully saturated rings. The van der Waals surface area contributed by atoms with E-state index in [9.17, 15) is 0 Å². The van der Waals surface area contributed by atoms with E-state index in [1.807, 2.05) is 23.6 Å². The van der Waals surface area contributed by atoms with Gasteiger partial charge in [0, 0.05) is 12.0 Å². The van der Waals surface area contributed by atoms with Gasteiger partial charge in [0.1, 0.15) is 0 Å². The molecule has 0 atom stereocenters. The summed E-state index contributed by atoms with van der Waals surface area (Å²) in [5.41, 5.74) is 2.30. The highest BCUT2D eigenvalue weighted by Crippen LogP contribution is 2.16. The lowest BCUT2D eigenvalue weighted by molar-refractivity contribution is 0.837. The molecule has 3 aromatic rings. The lowest BCUT2D eigenvalue weighted by atomic mass is 10.1. The van der Waals surface area contributed by atoms with Gasteiger partial charge in [-0.25, -0.2) is 4.52 Å². The average molecular weight is 227 g/mol. The van der Waals surface area contributed by atoms with Crippen LogP contribution in [0.3, 0.4) is 0 Å². The minimum atomic E-state index is 0.623. The fourth-order valence-electron chi connectivity index (χ4n) is 1.79. The first kappa shape index (κ1) is 10.0. The number of rotatable bonds is 2. The van der Waals surface area contributed by atoms with Crippen molar-refractivity contribution in [1.82, 2.24) is 24.8 Å². The predicted octanol–water partition coefficient (Wildman–Crippen LogP) is 1.99. The second-order valence-electron chi connectivity index (χ2n) is 4.04. The van der Waals surface area contributed by atoms with E-state index >= 15 is 0 Å². The number of hydrogen-bond donors (Lipinski definition) is 1. The molecule has 0 saturated carbocycles. The Labute approximate surface area is 98.5 Å². The highest BCUT2D eigenvalue weighted by Gasteiger charge is 2.09. The number of aryl methyl sites for hydroxylation is 2. The zero-order valence-electron chi connectivity index (χ0n) is 9.81. The fourth-order valence-corrected chi connectivity index (χ4v) is 1.79. The van der Waals surface area contributed by atoms with E-state index < -0.39 is 0 Å². The summed E-state index contributed by atoms with van der Waals surface area (Å²) >= 11 is 0. The van der Waals surface area contributed by atoms with Gasteiger partial charge in [-0.1, -0.05) is 36.8 Å². The van der Waals surface area contributed by atoms with Crippen LogP contribution in [0.15, 0.2) is 24.3 Å². The molecule has 0 aliphatic heterocycles. The predicted molar refractivity (Wildman–Crippen MR) is 64.7 cm³/mol. The Bertz CT molecular complexity index is 647. The number of fused-ring (bicyclic) bond motifs is 1. The molecule has 17 heavy (non-hydrogen) atoms. The van der Waals surface area contributed by atoms with Crippen LogP contribution < -0.4 is 0 Å². The normalized spacial score (nSPS) is 11.2. The van der Waals surface area contributed by atoms with Crippen molar-refractivity contribution in [3.8, 4) is 11.4 Å². The molecule has 0 saturated heterocycles. The summed E-state index contributed by atoms with van der Waals surface area (Å²) in [6.07, 6.45) is 0.830. The van der Waals surface area contributed by atoms with Gasteiger partial charge in [-0.05, 0) is 6.92 Å². The summed E-state index contributed by atoms with van der Waals surface area (Å²) in [5.74, 6) is 2.34. The second kappa shape index (κ2) is 3.69. The molecule has 0 amide bonds. The van der Waals surface area contributed by atoms with Crippen molar-refractivity contribution >= 4 is 5.78 Å². The molecular formula is C12H13N5. The van der Waals surface area contributed by atoms with Crippen molar-refractivity contribution in [2.75, 3.05) is 0 Å². The Morgan fingerprint density at radius 1 is 1.18 bits per heavy atom. The Morgan fingerprint density at radius 2 is 1.94 bits per heavy atom. The summed E-state index contributed by atoms with van der Waals surface area (Å²) in [6, 6.07) is 8.23. The first-order chi connectivity index (χ1) is 8.28. The number of benzene rings is 1. The minimum Gasteiger partial charge on any atom is -0.272 e. The monoisotopic (exact) mass is 227 g/mol. The van der Waals surface area contributed by atoms with Crippen LogP contribution in [0.4, 0.5) is 0 Å². The van der Waals surface area contributed by atoms with Crippen LogP contribution in [0.25, 0.3) is 17.2 Å². The van der Waals surface area contributed by atoms with Crippen molar-refractivity contribution in [2.45, 2.75) is 20.3 Å². The second-order valence-corrected chi connectivity index (χ2v) is 4.04. The van der Waals surface area contributed by atoms with Crippen molar-refractivity contribution in [1.29, 1.82) is 0 Å². The standard InChI is InChI=1S/C12H13N5/c1-3-10-14-15-12-13-11(16-17(10)12)9-6-4-8(2)5-7-9/h4-7H,3H2,1-2H3,(H,13,15,16). The van der Waals surface area contributed by atoms with Crippen molar-refractivity contribution in [3.05, 3.63) is 35.7 Å². The summed E-state index contributed by atoms with van der Waals surface area (Å²) in [4.78, 5) is 4.42. The number of nitrogens with one attached hydrogen (secondary N) is 1. The number of aromatic nitrogens is 5. The zero-order chi connectivity index (χ0) is 11.8. The maximum absolute atomic E-state index is 4.42. The summed E-state index contributed by atoms with van der Waals surface area (Å²) in [5, 5.41) is 11.3. The molecule has 5 heteroatoms. The van der Waals surface area contributed by atoms with Gasteiger partial charge in [0.15, 0.2) is 11.6 Å². The smallest absolute Gasteiger partial charge is 0.272 e. The third-order valence-corrected chi connectivity index (χ3v) is 2.78. The van der Waals surface area contributed by atoms with Crippen LogP contribution in [0.2, 0.25) is 0 Å². The number of hydrogen-bond acceptors (Lipinski definition) is 3. The molecular weight excluding hydrogens is 214 g/mol. The van der Waals surface area contributed by atoms with Gasteiger partial charge < -0.3 is 0 Å². The van der Waals surface area contributed by atoms with Crippen LogP contribution in [0.1, 0.15) is 18.3 Å². The maximum atomic E-state index is 4.42. The van der Waals surface area contributed by atoms with Gasteiger partial charge in [-0.2, -0.15) is 4.98 Å². The molecule has 86 valence electrons. The van der Waals surface area contributed by atoms with Crippen molar-refractivity contribution < 1.29 is 0 Å². The molecule has 0 aliphatic carbocycles. The average Bonchev–Trinajstić information content (AvgIpc) is 2.89. The molecule has 0 radical (unpaired) electrons. The zero-order valence-corrected chi connectivity index (χ0v) is 9.81. The molecule has 0 bridgehead atoms. The van der Waals surface area contributed by atoms with Gasteiger partial charge in [0.25, 0.3) is 5.78 Å². The summed E-state index contributed by atoms with van der Waals surface area (Å²) in [6.45, 7) is 4.11. The summed E-state index contributed by atoms with van der Waals surface area (Å²) < 4.78 is 1.83. The Kier molecular flexibility index (Phi) is 2.18.